The van der Waals surface area contributed by atoms with Crippen molar-refractivity contribution in [2.75, 3.05) is 0 Å². The molecule has 0 fully saturated rings. The molecule has 0 aliphatic carbocycles. The van der Waals surface area contributed by atoms with E-state index < -0.39 is 31.8 Å². The number of nitro benzene ring substituents is 3. The number of hydrogen-bond donors (Lipinski definition) is 0. The van der Waals surface area contributed by atoms with Gasteiger partial charge in [-0.15, -0.1) is 0 Å². The van der Waals surface area contributed by atoms with Crippen molar-refractivity contribution < 1.29 is 14.8 Å². The molecule has 0 aromatic heterocycles. The molecule has 0 atom stereocenters. The van der Waals surface area contributed by atoms with Crippen molar-refractivity contribution in [3.63, 3.8) is 0 Å². The van der Waals surface area contributed by atoms with Crippen LogP contribution in [0.4, 0.5) is 17.1 Å². The summed E-state index contributed by atoms with van der Waals surface area (Å²) in [6.45, 7) is 0. The Kier molecular flexibility index (Phi) is 3.71. The standard InChI is InChI=1S/C6H2N3O6PS/c10-7(11)3-1-2-4(16-17)6(9(14)15)5(3)8(12)13/h1-2H. The molecule has 0 spiro atoms. The fourth-order valence-electron chi connectivity index (χ4n) is 1.14. The van der Waals surface area contributed by atoms with Crippen molar-refractivity contribution >= 4 is 41.5 Å². The van der Waals surface area contributed by atoms with Gasteiger partial charge in [0.15, 0.2) is 0 Å². The van der Waals surface area contributed by atoms with Crippen LogP contribution in [0.2, 0.25) is 0 Å². The third-order valence-electron chi connectivity index (χ3n) is 1.77. The smallest absolute Gasteiger partial charge is 0.258 e. The first-order chi connectivity index (χ1) is 7.90. The Morgan fingerprint density at radius 1 is 0.941 bits per heavy atom. The highest BCUT2D eigenvalue weighted by atomic mass is 32.4. The zero-order valence-corrected chi connectivity index (χ0v) is 9.51. The fraction of sp³-hybridized carbons (Fsp3) is 0. The zero-order chi connectivity index (χ0) is 13.2. The van der Waals surface area contributed by atoms with Crippen LogP contribution >= 0.6 is 7.36 Å². The number of benzene rings is 1. The van der Waals surface area contributed by atoms with Crippen LogP contribution in [0.3, 0.4) is 0 Å². The lowest BCUT2D eigenvalue weighted by Gasteiger charge is -1.98. The maximum absolute atomic E-state index is 10.7. The highest BCUT2D eigenvalue weighted by Crippen LogP contribution is 2.35. The highest BCUT2D eigenvalue weighted by Gasteiger charge is 2.38. The molecule has 1 rings (SSSR count). The van der Waals surface area contributed by atoms with Gasteiger partial charge in [-0.2, -0.15) is 0 Å². The molecule has 1 aromatic carbocycles. The number of nitro groups is 3. The Labute approximate surface area is 99.3 Å². The monoisotopic (exact) mass is 275 g/mol. The molecule has 1 aromatic rings. The van der Waals surface area contributed by atoms with Crippen LogP contribution in [0.5, 0.6) is 0 Å². The van der Waals surface area contributed by atoms with Gasteiger partial charge in [0, 0.05) is 13.4 Å². The van der Waals surface area contributed by atoms with Gasteiger partial charge in [0.05, 0.1) is 20.1 Å². The van der Waals surface area contributed by atoms with Crippen LogP contribution in [0, 0.1) is 30.3 Å². The molecule has 0 heterocycles. The molecule has 0 aliphatic heterocycles. The van der Waals surface area contributed by atoms with Crippen molar-refractivity contribution in [2.45, 2.75) is 0 Å². The van der Waals surface area contributed by atoms with Gasteiger partial charge in [0.25, 0.3) is 0 Å². The second kappa shape index (κ2) is 4.85. The van der Waals surface area contributed by atoms with E-state index in [4.69, 9.17) is 0 Å². The van der Waals surface area contributed by atoms with Crippen molar-refractivity contribution in [2.24, 2.45) is 0 Å². The summed E-state index contributed by atoms with van der Waals surface area (Å²) in [4.78, 5) is 28.7. The van der Waals surface area contributed by atoms with E-state index >= 15 is 0 Å². The van der Waals surface area contributed by atoms with E-state index in [0.717, 1.165) is 12.1 Å². The van der Waals surface area contributed by atoms with Crippen LogP contribution in [0.15, 0.2) is 12.1 Å². The van der Waals surface area contributed by atoms with Gasteiger partial charge in [-0.3, -0.25) is 30.3 Å². The lowest BCUT2D eigenvalue weighted by molar-refractivity contribution is -0.440. The molecule has 17 heavy (non-hydrogen) atoms. The van der Waals surface area contributed by atoms with Crippen molar-refractivity contribution in [1.29, 1.82) is 0 Å². The summed E-state index contributed by atoms with van der Waals surface area (Å²) in [6, 6.07) is 1.87. The average Bonchev–Trinajstić information content (AvgIpc) is 2.26. The Morgan fingerprint density at radius 3 is 1.82 bits per heavy atom. The Hall–Kier alpha value is -2.06. The van der Waals surface area contributed by atoms with Gasteiger partial charge in [-0.25, -0.2) is 0 Å². The minimum atomic E-state index is -1.15. The summed E-state index contributed by atoms with van der Waals surface area (Å²) in [5, 5.41) is 31.8. The molecular weight excluding hydrogens is 273 g/mol. The minimum Gasteiger partial charge on any atom is -0.258 e. The highest BCUT2D eigenvalue weighted by molar-refractivity contribution is 7.99. The topological polar surface area (TPSA) is 129 Å². The van der Waals surface area contributed by atoms with E-state index in [1.807, 2.05) is 0 Å². The molecule has 0 amide bonds. The quantitative estimate of drug-likeness (QED) is 0.461. The molecule has 0 saturated carbocycles. The van der Waals surface area contributed by atoms with E-state index in [2.05, 4.69) is 11.8 Å². The van der Waals surface area contributed by atoms with Gasteiger partial charge in [-0.1, -0.05) is 11.8 Å². The van der Waals surface area contributed by atoms with Crippen LogP contribution in [-0.4, -0.2) is 14.8 Å². The van der Waals surface area contributed by atoms with E-state index in [9.17, 15) is 30.3 Å². The summed E-state index contributed by atoms with van der Waals surface area (Å²) in [5.41, 5.74) is -3.00. The van der Waals surface area contributed by atoms with Crippen LogP contribution in [0.1, 0.15) is 0 Å². The van der Waals surface area contributed by atoms with E-state index in [-0.39, 0.29) is 12.7 Å². The molecule has 11 heteroatoms. The molecule has 0 bridgehead atoms. The Bertz CT molecular complexity index is 547. The second-order valence-corrected chi connectivity index (χ2v) is 3.88. The maximum atomic E-state index is 10.7. The first kappa shape index (κ1) is 13.0. The van der Waals surface area contributed by atoms with E-state index in [0.29, 0.717) is 0 Å². The molecular formula is C6H2N3O6PS. The normalized spacial score (nSPS) is 10.1. The summed E-state index contributed by atoms with van der Waals surface area (Å²) in [7, 11) is 0.00284. The van der Waals surface area contributed by atoms with Gasteiger partial charge in [0.1, 0.15) is 0 Å². The molecule has 0 radical (unpaired) electrons. The summed E-state index contributed by atoms with van der Waals surface area (Å²) < 4.78 is 0. The Morgan fingerprint density at radius 2 is 1.47 bits per heavy atom. The molecule has 9 nitrogen and oxygen atoms in total. The van der Waals surface area contributed by atoms with Crippen LogP contribution in [0.25, 0.3) is 0 Å². The zero-order valence-electron chi connectivity index (χ0n) is 7.80. The van der Waals surface area contributed by atoms with Crippen LogP contribution < -0.4 is 5.30 Å². The predicted molar refractivity (Wildman–Crippen MR) is 60.3 cm³/mol. The maximum Gasteiger partial charge on any atom is 0.423 e. The van der Waals surface area contributed by atoms with E-state index in [1.165, 1.54) is 0 Å². The third kappa shape index (κ3) is 2.37. The van der Waals surface area contributed by atoms with Gasteiger partial charge in [0.2, 0.25) is 0 Å². The largest absolute Gasteiger partial charge is 0.423 e. The first-order valence-electron chi connectivity index (χ1n) is 3.83. The molecule has 0 N–H and O–H groups in total. The second-order valence-electron chi connectivity index (χ2n) is 2.66. The summed E-state index contributed by atoms with van der Waals surface area (Å²) >= 11 is 4.56. The number of nitrogens with zero attached hydrogens (tertiary/aromatic N) is 3. The molecule has 88 valence electrons. The van der Waals surface area contributed by atoms with Crippen LogP contribution in [-0.2, 0) is 11.8 Å². The molecule has 0 unspecified atom stereocenters. The average molecular weight is 275 g/mol. The fourth-order valence-corrected chi connectivity index (χ4v) is 1.99. The number of hydrogen-bond acceptors (Lipinski definition) is 7. The first-order valence-corrected chi connectivity index (χ1v) is 5.74. The lowest BCUT2D eigenvalue weighted by atomic mass is 10.2. The molecule has 0 aliphatic rings. The summed E-state index contributed by atoms with van der Waals surface area (Å²) in [5.74, 6) is 0. The predicted octanol–water partition coefficient (Wildman–Crippen LogP) is 1.44. The van der Waals surface area contributed by atoms with Crippen molar-refractivity contribution in [3.8, 4) is 0 Å². The van der Waals surface area contributed by atoms with Gasteiger partial charge in [-0.05, 0) is 6.07 Å². The molecule has 0 saturated heterocycles. The van der Waals surface area contributed by atoms with Crippen molar-refractivity contribution in [3.05, 3.63) is 42.5 Å². The van der Waals surface area contributed by atoms with Crippen molar-refractivity contribution in [1.82, 2.24) is 0 Å². The minimum absolute atomic E-state index is 0.00284. The summed E-state index contributed by atoms with van der Waals surface area (Å²) in [6.07, 6.45) is 0. The Balaban J connectivity index is 3.77. The van der Waals surface area contributed by atoms with Gasteiger partial charge >= 0.3 is 17.1 Å². The van der Waals surface area contributed by atoms with E-state index in [1.54, 1.807) is 0 Å². The van der Waals surface area contributed by atoms with Gasteiger partial charge < -0.3 is 0 Å². The number of rotatable bonds is 4. The SMILES string of the molecule is O=[N+]([O-])c1ccc(P=S)c([N+](=O)[O-])c1[N+](=O)[O-]. The lowest BCUT2D eigenvalue weighted by Crippen LogP contribution is -2.09. The third-order valence-corrected chi connectivity index (χ3v) is 2.92.